The molecule has 1 aromatic rings. The van der Waals surface area contributed by atoms with Gasteiger partial charge in [0, 0.05) is 12.8 Å². The monoisotopic (exact) mass is 429 g/mol. The molecule has 0 atom stereocenters. The number of benzene rings is 1. The average Bonchev–Trinajstić information content (AvgIpc) is 2.87. The van der Waals surface area contributed by atoms with E-state index in [4.69, 9.17) is 11.5 Å². The molecular formula is C26H47N5. The molecular weight excluding hydrogens is 382 g/mol. The van der Waals surface area contributed by atoms with Crippen LogP contribution in [0.2, 0.25) is 0 Å². The maximum atomic E-state index is 5.50. The van der Waals surface area contributed by atoms with Crippen molar-refractivity contribution in [3.05, 3.63) is 35.9 Å². The van der Waals surface area contributed by atoms with Crippen molar-refractivity contribution in [3.63, 3.8) is 0 Å². The van der Waals surface area contributed by atoms with E-state index in [2.05, 4.69) is 27.8 Å². The SMILES string of the molecule is C(=NCC1CCNCC1)c1ccccc1.NCC1CCCCC1.NCC1CCNCC1. The van der Waals surface area contributed by atoms with Gasteiger partial charge in [0.05, 0.1) is 0 Å². The van der Waals surface area contributed by atoms with Crippen LogP contribution in [0.3, 0.4) is 0 Å². The van der Waals surface area contributed by atoms with Gasteiger partial charge in [0.1, 0.15) is 0 Å². The second-order valence-corrected chi connectivity index (χ2v) is 9.27. The predicted molar refractivity (Wildman–Crippen MR) is 135 cm³/mol. The number of nitrogens with zero attached hydrogens (tertiary/aromatic N) is 1. The topological polar surface area (TPSA) is 88.5 Å². The van der Waals surface area contributed by atoms with E-state index in [0.29, 0.717) is 0 Å². The standard InChI is InChI=1S/C13H18N2.C7H15N.C6H14N2/c1-2-4-12(5-3-1)10-15-11-13-6-8-14-9-7-13;8-6-7-4-2-1-3-5-7;7-5-6-1-3-8-4-2-6/h1-5,10,13-14H,6-9,11H2;7H,1-6,8H2;6,8H,1-5,7H2. The molecule has 5 nitrogen and oxygen atoms in total. The first-order valence-corrected chi connectivity index (χ1v) is 12.7. The number of hydrogen-bond acceptors (Lipinski definition) is 5. The van der Waals surface area contributed by atoms with Gasteiger partial charge < -0.3 is 22.1 Å². The largest absolute Gasteiger partial charge is 0.330 e. The number of rotatable bonds is 5. The lowest BCUT2D eigenvalue weighted by molar-refractivity contribution is 0.366. The molecule has 6 N–H and O–H groups in total. The van der Waals surface area contributed by atoms with E-state index in [1.54, 1.807) is 0 Å². The van der Waals surface area contributed by atoms with Crippen molar-refractivity contribution in [2.75, 3.05) is 45.8 Å². The van der Waals surface area contributed by atoms with E-state index in [-0.39, 0.29) is 0 Å². The highest BCUT2D eigenvalue weighted by Crippen LogP contribution is 2.21. The molecule has 0 amide bonds. The van der Waals surface area contributed by atoms with Gasteiger partial charge in [0.15, 0.2) is 0 Å². The number of nitrogens with two attached hydrogens (primary N) is 2. The molecule has 2 saturated heterocycles. The third kappa shape index (κ3) is 12.4. The molecule has 4 rings (SSSR count). The summed E-state index contributed by atoms with van der Waals surface area (Å²) >= 11 is 0. The van der Waals surface area contributed by atoms with Gasteiger partial charge in [-0.3, -0.25) is 4.99 Å². The van der Waals surface area contributed by atoms with Crippen LogP contribution in [0.1, 0.15) is 63.4 Å². The molecule has 2 aliphatic heterocycles. The predicted octanol–water partition coefficient (Wildman–Crippen LogP) is 3.58. The third-order valence-electron chi connectivity index (χ3n) is 6.71. The third-order valence-corrected chi connectivity index (χ3v) is 6.71. The van der Waals surface area contributed by atoms with E-state index in [0.717, 1.165) is 50.5 Å². The van der Waals surface area contributed by atoms with Crippen LogP contribution in [0.25, 0.3) is 0 Å². The first-order valence-electron chi connectivity index (χ1n) is 12.7. The highest BCUT2D eigenvalue weighted by molar-refractivity contribution is 5.79. The molecule has 3 fully saturated rings. The molecule has 31 heavy (non-hydrogen) atoms. The molecule has 176 valence electrons. The average molecular weight is 430 g/mol. The van der Waals surface area contributed by atoms with Crippen molar-refractivity contribution >= 4 is 6.21 Å². The first kappa shape index (κ1) is 26.0. The minimum absolute atomic E-state index is 0.784. The Bertz CT molecular complexity index is 526. The van der Waals surface area contributed by atoms with Gasteiger partial charge in [-0.15, -0.1) is 0 Å². The van der Waals surface area contributed by atoms with E-state index >= 15 is 0 Å². The van der Waals surface area contributed by atoms with Gasteiger partial charge in [0.25, 0.3) is 0 Å². The molecule has 0 radical (unpaired) electrons. The number of piperidine rings is 2. The molecule has 1 aliphatic carbocycles. The Hall–Kier alpha value is -1.27. The number of nitrogens with one attached hydrogen (secondary N) is 2. The molecule has 0 spiro atoms. The molecule has 0 aromatic heterocycles. The molecule has 0 bridgehead atoms. The Balaban J connectivity index is 0.000000181. The van der Waals surface area contributed by atoms with E-state index in [9.17, 15) is 0 Å². The summed E-state index contributed by atoms with van der Waals surface area (Å²) in [6.45, 7) is 7.43. The van der Waals surface area contributed by atoms with Crippen LogP contribution in [-0.2, 0) is 0 Å². The molecule has 5 heteroatoms. The van der Waals surface area contributed by atoms with Crippen LogP contribution in [0, 0.1) is 17.8 Å². The summed E-state index contributed by atoms with van der Waals surface area (Å²) in [5, 5.41) is 6.66. The second-order valence-electron chi connectivity index (χ2n) is 9.27. The van der Waals surface area contributed by atoms with Crippen molar-refractivity contribution in [1.29, 1.82) is 0 Å². The summed E-state index contributed by atoms with van der Waals surface area (Å²) in [6, 6.07) is 10.3. The van der Waals surface area contributed by atoms with E-state index < -0.39 is 0 Å². The Morgan fingerprint density at radius 3 is 1.71 bits per heavy atom. The van der Waals surface area contributed by atoms with Crippen LogP contribution in [0.5, 0.6) is 0 Å². The first-order chi connectivity index (χ1) is 15.3. The number of aliphatic imine (C=N–C) groups is 1. The van der Waals surface area contributed by atoms with Gasteiger partial charge in [0.2, 0.25) is 0 Å². The van der Waals surface area contributed by atoms with Crippen LogP contribution < -0.4 is 22.1 Å². The van der Waals surface area contributed by atoms with Crippen LogP contribution in [-0.4, -0.2) is 52.0 Å². The summed E-state index contributed by atoms with van der Waals surface area (Å²) < 4.78 is 0. The summed E-state index contributed by atoms with van der Waals surface area (Å²) in [7, 11) is 0. The molecule has 2 heterocycles. The summed E-state index contributed by atoms with van der Waals surface area (Å²) in [4.78, 5) is 4.51. The van der Waals surface area contributed by atoms with E-state index in [1.807, 2.05) is 24.4 Å². The zero-order chi connectivity index (χ0) is 22.0. The Kier molecular flexibility index (Phi) is 14.5. The fraction of sp³-hybridized carbons (Fsp3) is 0.731. The maximum absolute atomic E-state index is 5.50. The minimum atomic E-state index is 0.784. The van der Waals surface area contributed by atoms with Gasteiger partial charge in [-0.05, 0) is 101 Å². The summed E-state index contributed by atoms with van der Waals surface area (Å²) in [5.41, 5.74) is 12.2. The zero-order valence-electron chi connectivity index (χ0n) is 19.6. The van der Waals surface area contributed by atoms with Gasteiger partial charge >= 0.3 is 0 Å². The fourth-order valence-electron chi connectivity index (χ4n) is 4.45. The van der Waals surface area contributed by atoms with E-state index in [1.165, 1.54) is 76.4 Å². The van der Waals surface area contributed by atoms with Crippen molar-refractivity contribution in [1.82, 2.24) is 10.6 Å². The van der Waals surface area contributed by atoms with Crippen molar-refractivity contribution < 1.29 is 0 Å². The molecule has 0 unspecified atom stereocenters. The van der Waals surface area contributed by atoms with Crippen LogP contribution >= 0.6 is 0 Å². The zero-order valence-corrected chi connectivity index (χ0v) is 19.6. The second kappa shape index (κ2) is 17.3. The highest BCUT2D eigenvalue weighted by atomic mass is 14.9. The lowest BCUT2D eigenvalue weighted by atomic mass is 9.90. The van der Waals surface area contributed by atoms with Gasteiger partial charge in [-0.1, -0.05) is 49.6 Å². The van der Waals surface area contributed by atoms with Crippen molar-refractivity contribution in [3.8, 4) is 0 Å². The maximum Gasteiger partial charge on any atom is 0.0418 e. The quantitative estimate of drug-likeness (QED) is 0.539. The summed E-state index contributed by atoms with van der Waals surface area (Å²) in [5.74, 6) is 2.45. The Morgan fingerprint density at radius 1 is 0.710 bits per heavy atom. The van der Waals surface area contributed by atoms with Gasteiger partial charge in [-0.2, -0.15) is 0 Å². The van der Waals surface area contributed by atoms with Gasteiger partial charge in [-0.25, -0.2) is 0 Å². The fourth-order valence-corrected chi connectivity index (χ4v) is 4.45. The van der Waals surface area contributed by atoms with Crippen LogP contribution in [0.15, 0.2) is 35.3 Å². The molecule has 1 saturated carbocycles. The molecule has 1 aromatic carbocycles. The molecule has 3 aliphatic rings. The Labute approximate surface area is 190 Å². The summed E-state index contributed by atoms with van der Waals surface area (Å²) in [6.07, 6.45) is 14.1. The number of hydrogen-bond donors (Lipinski definition) is 4. The lowest BCUT2D eigenvalue weighted by Crippen LogP contribution is -2.31. The lowest BCUT2D eigenvalue weighted by Gasteiger charge is -2.20. The Morgan fingerprint density at radius 2 is 1.23 bits per heavy atom. The smallest absolute Gasteiger partial charge is 0.0418 e. The normalized spacial score (nSPS) is 21.1. The minimum Gasteiger partial charge on any atom is -0.330 e. The van der Waals surface area contributed by atoms with Crippen LogP contribution in [0.4, 0.5) is 0 Å². The highest BCUT2D eigenvalue weighted by Gasteiger charge is 2.11. The van der Waals surface area contributed by atoms with Crippen molar-refractivity contribution in [2.45, 2.75) is 57.8 Å². The van der Waals surface area contributed by atoms with Crippen molar-refractivity contribution in [2.24, 2.45) is 34.2 Å².